The molecule has 1 saturated carbocycles. The maximum Gasteiger partial charge on any atom is 0.0414 e. The van der Waals surface area contributed by atoms with Gasteiger partial charge in [0.25, 0.3) is 0 Å². The van der Waals surface area contributed by atoms with Gasteiger partial charge in [0.2, 0.25) is 0 Å². The number of hydrogen-bond acceptors (Lipinski definition) is 1. The molecule has 2 rings (SSSR count). The first-order valence-corrected chi connectivity index (χ1v) is 4.55. The monoisotopic (exact) mass is 197 g/mol. The highest BCUT2D eigenvalue weighted by Crippen LogP contribution is 2.42. The van der Waals surface area contributed by atoms with Crippen LogP contribution in [-0.4, -0.2) is 0 Å². The van der Waals surface area contributed by atoms with Gasteiger partial charge in [0.1, 0.15) is 0 Å². The second kappa shape index (κ2) is 3.69. The molecule has 1 nitrogen and oxygen atoms in total. The minimum atomic E-state index is -0.0132. The Kier molecular flexibility index (Phi) is 2.99. The van der Waals surface area contributed by atoms with E-state index in [0.717, 1.165) is 18.8 Å². The maximum atomic E-state index is 6.21. The van der Waals surface area contributed by atoms with Crippen LogP contribution in [0.2, 0.25) is 0 Å². The summed E-state index contributed by atoms with van der Waals surface area (Å²) in [6.07, 6.45) is 2.27. The molecule has 1 aliphatic carbocycles. The molecule has 13 heavy (non-hydrogen) atoms. The molecule has 2 N–H and O–H groups in total. The Morgan fingerprint density at radius 2 is 1.77 bits per heavy atom. The van der Waals surface area contributed by atoms with Crippen molar-refractivity contribution in [3.63, 3.8) is 0 Å². The van der Waals surface area contributed by atoms with Gasteiger partial charge in [-0.1, -0.05) is 37.3 Å². The summed E-state index contributed by atoms with van der Waals surface area (Å²) in [7, 11) is 0. The van der Waals surface area contributed by atoms with Crippen LogP contribution in [0, 0.1) is 5.92 Å². The number of hydrogen-bond donors (Lipinski definition) is 1. The molecule has 1 aliphatic rings. The van der Waals surface area contributed by atoms with Gasteiger partial charge in [-0.15, -0.1) is 12.4 Å². The molecule has 0 radical (unpaired) electrons. The van der Waals surface area contributed by atoms with E-state index in [1.807, 2.05) is 6.07 Å². The zero-order valence-electron chi connectivity index (χ0n) is 7.86. The smallest absolute Gasteiger partial charge is 0.0414 e. The van der Waals surface area contributed by atoms with E-state index in [1.165, 1.54) is 5.56 Å². The van der Waals surface area contributed by atoms with Gasteiger partial charge in [0.15, 0.2) is 0 Å². The summed E-state index contributed by atoms with van der Waals surface area (Å²) in [5.41, 5.74) is 7.50. The zero-order chi connectivity index (χ0) is 8.60. The summed E-state index contributed by atoms with van der Waals surface area (Å²) in [6.45, 7) is 2.26. The van der Waals surface area contributed by atoms with Crippen LogP contribution in [0.5, 0.6) is 0 Å². The van der Waals surface area contributed by atoms with Crippen molar-refractivity contribution in [3.05, 3.63) is 35.9 Å². The van der Waals surface area contributed by atoms with Crippen molar-refractivity contribution in [3.8, 4) is 0 Å². The molecule has 0 saturated heterocycles. The number of benzene rings is 1. The van der Waals surface area contributed by atoms with Crippen LogP contribution in [0.25, 0.3) is 0 Å². The van der Waals surface area contributed by atoms with E-state index < -0.39 is 0 Å². The summed E-state index contributed by atoms with van der Waals surface area (Å²) in [6, 6.07) is 10.4. The summed E-state index contributed by atoms with van der Waals surface area (Å²) < 4.78 is 0. The molecule has 2 heteroatoms. The van der Waals surface area contributed by atoms with E-state index in [2.05, 4.69) is 31.2 Å². The molecule has 0 aromatic heterocycles. The minimum Gasteiger partial charge on any atom is -0.321 e. The second-order valence-electron chi connectivity index (χ2n) is 4.04. The molecule has 0 atom stereocenters. The lowest BCUT2D eigenvalue weighted by Gasteiger charge is -2.44. The third-order valence-electron chi connectivity index (χ3n) is 2.77. The van der Waals surface area contributed by atoms with Crippen LogP contribution in [0.1, 0.15) is 25.3 Å². The van der Waals surface area contributed by atoms with E-state index in [0.29, 0.717) is 0 Å². The van der Waals surface area contributed by atoms with Gasteiger partial charge in [-0.05, 0) is 24.3 Å². The van der Waals surface area contributed by atoms with Crippen LogP contribution >= 0.6 is 12.4 Å². The molecule has 0 spiro atoms. The lowest BCUT2D eigenvalue weighted by molar-refractivity contribution is 0.164. The normalized spacial score (nSPS) is 31.7. The third-order valence-corrected chi connectivity index (χ3v) is 2.77. The van der Waals surface area contributed by atoms with Gasteiger partial charge in [-0.3, -0.25) is 0 Å². The fraction of sp³-hybridized carbons (Fsp3) is 0.455. The van der Waals surface area contributed by atoms with E-state index in [-0.39, 0.29) is 17.9 Å². The predicted octanol–water partition coefficient (Wildman–Crippen LogP) is 2.69. The van der Waals surface area contributed by atoms with E-state index in [9.17, 15) is 0 Å². The summed E-state index contributed by atoms with van der Waals surface area (Å²) in [5.74, 6) is 0.801. The highest BCUT2D eigenvalue weighted by Gasteiger charge is 2.39. The summed E-state index contributed by atoms with van der Waals surface area (Å²) in [5, 5.41) is 0. The standard InChI is InChI=1S/C11H15N.ClH/c1-9-7-11(12,8-9)10-5-3-2-4-6-10;/h2-6,9H,7-8,12H2,1H3;1H. The van der Waals surface area contributed by atoms with Crippen molar-refractivity contribution >= 4 is 12.4 Å². The van der Waals surface area contributed by atoms with Crippen LogP contribution in [-0.2, 0) is 5.54 Å². The van der Waals surface area contributed by atoms with Crippen molar-refractivity contribution in [1.29, 1.82) is 0 Å². The van der Waals surface area contributed by atoms with Crippen molar-refractivity contribution < 1.29 is 0 Å². The van der Waals surface area contributed by atoms with Crippen LogP contribution in [0.4, 0.5) is 0 Å². The quantitative estimate of drug-likeness (QED) is 0.736. The fourth-order valence-electron chi connectivity index (χ4n) is 2.19. The average molecular weight is 198 g/mol. The largest absolute Gasteiger partial charge is 0.321 e. The Morgan fingerprint density at radius 1 is 1.23 bits per heavy atom. The zero-order valence-corrected chi connectivity index (χ0v) is 8.68. The van der Waals surface area contributed by atoms with Crippen molar-refractivity contribution in [2.24, 2.45) is 11.7 Å². The molecular formula is C11H16ClN. The highest BCUT2D eigenvalue weighted by atomic mass is 35.5. The van der Waals surface area contributed by atoms with Gasteiger partial charge in [-0.25, -0.2) is 0 Å². The van der Waals surface area contributed by atoms with Crippen LogP contribution in [0.15, 0.2) is 30.3 Å². The Hall–Kier alpha value is -0.530. The van der Waals surface area contributed by atoms with Gasteiger partial charge in [0.05, 0.1) is 0 Å². The number of nitrogens with two attached hydrogens (primary N) is 1. The Morgan fingerprint density at radius 3 is 2.23 bits per heavy atom. The summed E-state index contributed by atoms with van der Waals surface area (Å²) in [4.78, 5) is 0. The molecular weight excluding hydrogens is 182 g/mol. The molecule has 1 aromatic carbocycles. The molecule has 1 aromatic rings. The number of halogens is 1. The van der Waals surface area contributed by atoms with E-state index in [4.69, 9.17) is 5.73 Å². The van der Waals surface area contributed by atoms with Gasteiger partial charge in [-0.2, -0.15) is 0 Å². The first-order valence-electron chi connectivity index (χ1n) is 4.55. The molecule has 0 bridgehead atoms. The highest BCUT2D eigenvalue weighted by molar-refractivity contribution is 5.85. The van der Waals surface area contributed by atoms with Gasteiger partial charge < -0.3 is 5.73 Å². The molecule has 1 fully saturated rings. The van der Waals surface area contributed by atoms with E-state index in [1.54, 1.807) is 0 Å². The van der Waals surface area contributed by atoms with Crippen LogP contribution in [0.3, 0.4) is 0 Å². The topological polar surface area (TPSA) is 26.0 Å². The molecule has 0 heterocycles. The van der Waals surface area contributed by atoms with Crippen molar-refractivity contribution in [2.45, 2.75) is 25.3 Å². The van der Waals surface area contributed by atoms with Gasteiger partial charge >= 0.3 is 0 Å². The van der Waals surface area contributed by atoms with Crippen molar-refractivity contribution in [2.75, 3.05) is 0 Å². The minimum absolute atomic E-state index is 0. The Labute approximate surface area is 85.7 Å². The lowest BCUT2D eigenvalue weighted by Crippen LogP contribution is -2.47. The Balaban J connectivity index is 0.000000845. The number of rotatable bonds is 1. The van der Waals surface area contributed by atoms with Crippen molar-refractivity contribution in [1.82, 2.24) is 0 Å². The SMILES string of the molecule is CC1CC(N)(c2ccccc2)C1.Cl. The third kappa shape index (κ3) is 1.87. The molecule has 72 valence electrons. The summed E-state index contributed by atoms with van der Waals surface area (Å²) >= 11 is 0. The second-order valence-corrected chi connectivity index (χ2v) is 4.04. The first-order chi connectivity index (χ1) is 5.71. The first kappa shape index (κ1) is 10.6. The molecule has 0 amide bonds. The molecule has 0 aliphatic heterocycles. The van der Waals surface area contributed by atoms with E-state index >= 15 is 0 Å². The Bertz CT molecular complexity index is 265. The van der Waals surface area contributed by atoms with Gasteiger partial charge in [0, 0.05) is 5.54 Å². The molecule has 0 unspecified atom stereocenters. The lowest BCUT2D eigenvalue weighted by atomic mass is 9.66. The van der Waals surface area contributed by atoms with Crippen LogP contribution < -0.4 is 5.73 Å². The average Bonchev–Trinajstić information content (AvgIpc) is 2.04. The fourth-order valence-corrected chi connectivity index (χ4v) is 2.19. The predicted molar refractivity (Wildman–Crippen MR) is 58.0 cm³/mol. The maximum absolute atomic E-state index is 6.21.